The summed E-state index contributed by atoms with van der Waals surface area (Å²) in [5.74, 6) is 0. The van der Waals surface area contributed by atoms with Gasteiger partial charge in [-0.2, -0.15) is 9.78 Å². The number of fused-ring (bicyclic) bond motifs is 1. The maximum Gasteiger partial charge on any atom is 0.215 e. The lowest BCUT2D eigenvalue weighted by Crippen LogP contribution is -2.16. The van der Waals surface area contributed by atoms with E-state index in [4.69, 9.17) is 0 Å². The molecule has 0 unspecified atom stereocenters. The lowest BCUT2D eigenvalue weighted by molar-refractivity contribution is 0.513. The number of rotatable bonds is 6. The molecule has 0 bridgehead atoms. The van der Waals surface area contributed by atoms with Crippen LogP contribution in [0.25, 0.3) is 10.5 Å². The maximum absolute atomic E-state index is 4.59. The number of anilines is 1. The Bertz CT molecular complexity index is 672. The number of hydrogen-bond acceptors (Lipinski definition) is 5. The van der Waals surface area contributed by atoms with Gasteiger partial charge in [0.1, 0.15) is 0 Å². The lowest BCUT2D eigenvalue weighted by Gasteiger charge is -2.15. The molecule has 0 radical (unpaired) electrons. The summed E-state index contributed by atoms with van der Waals surface area (Å²) in [6, 6.07) is 10.4. The molecule has 0 N–H and O–H groups in total. The van der Waals surface area contributed by atoms with E-state index in [-0.39, 0.29) is 0 Å². The molecule has 0 aliphatic carbocycles. The average Bonchev–Trinajstić information content (AvgIpc) is 3.04. The summed E-state index contributed by atoms with van der Waals surface area (Å²) in [4.78, 5) is 9.41. The third-order valence-electron chi connectivity index (χ3n) is 3.30. The molecule has 21 heavy (non-hydrogen) atoms. The molecule has 0 saturated heterocycles. The van der Waals surface area contributed by atoms with Crippen LogP contribution in [0.2, 0.25) is 0 Å². The molecule has 0 spiro atoms. The molecule has 0 atom stereocenters. The average molecular weight is 301 g/mol. The first-order valence-electron chi connectivity index (χ1n) is 7.23. The third-order valence-corrected chi connectivity index (χ3v) is 4.34. The second kappa shape index (κ2) is 6.22. The Kier molecular flexibility index (Phi) is 4.15. The number of aryl methyl sites for hydroxylation is 1. The highest BCUT2D eigenvalue weighted by molar-refractivity contribution is 7.21. The molecule has 110 valence electrons. The Balaban J connectivity index is 1.73. The zero-order valence-corrected chi connectivity index (χ0v) is 13.2. The van der Waals surface area contributed by atoms with Crippen LogP contribution in [0.1, 0.15) is 25.3 Å². The molecule has 0 aliphatic heterocycles. The van der Waals surface area contributed by atoms with Gasteiger partial charge >= 0.3 is 0 Å². The largest absolute Gasteiger partial charge is 0.347 e. The second-order valence-electron chi connectivity index (χ2n) is 5.12. The molecule has 2 aromatic heterocycles. The third kappa shape index (κ3) is 3.21. The summed E-state index contributed by atoms with van der Waals surface area (Å²) < 4.78 is 0. The minimum atomic E-state index is 0.756. The molecular formula is C15H19N5S. The second-order valence-corrected chi connectivity index (χ2v) is 6.07. The van der Waals surface area contributed by atoms with Crippen LogP contribution in [-0.2, 0) is 13.1 Å². The van der Waals surface area contributed by atoms with Crippen molar-refractivity contribution in [3.8, 4) is 0 Å². The van der Waals surface area contributed by atoms with E-state index >= 15 is 0 Å². The van der Waals surface area contributed by atoms with Gasteiger partial charge in [-0.25, -0.2) is 0 Å². The highest BCUT2D eigenvalue weighted by Gasteiger charge is 2.13. The molecule has 0 aliphatic rings. The zero-order chi connectivity index (χ0) is 14.7. The Labute approximate surface area is 128 Å². The standard InChI is InChI=1S/C15H19N5S/c1-3-4-10-20-17-13-14(18-20)21-15(16-13)19(2)11-12-8-6-5-7-9-12/h5-9H,3-4,10-11H2,1-2H3. The van der Waals surface area contributed by atoms with E-state index in [1.807, 2.05) is 6.07 Å². The fourth-order valence-corrected chi connectivity index (χ4v) is 2.99. The first-order chi connectivity index (χ1) is 10.3. The first kappa shape index (κ1) is 14.0. The van der Waals surface area contributed by atoms with Crippen molar-refractivity contribution in [1.29, 1.82) is 0 Å². The van der Waals surface area contributed by atoms with Gasteiger partial charge in [0.2, 0.25) is 5.65 Å². The summed E-state index contributed by atoms with van der Waals surface area (Å²) in [5.41, 5.74) is 2.03. The van der Waals surface area contributed by atoms with Crippen molar-refractivity contribution >= 4 is 26.9 Å². The van der Waals surface area contributed by atoms with Crippen LogP contribution in [0.4, 0.5) is 5.13 Å². The van der Waals surface area contributed by atoms with E-state index in [0.29, 0.717) is 0 Å². The van der Waals surface area contributed by atoms with Crippen LogP contribution in [-0.4, -0.2) is 27.0 Å². The van der Waals surface area contributed by atoms with E-state index in [2.05, 4.69) is 58.3 Å². The van der Waals surface area contributed by atoms with Crippen LogP contribution in [0, 0.1) is 0 Å². The number of unbranched alkanes of at least 4 members (excludes halogenated alkanes) is 1. The van der Waals surface area contributed by atoms with E-state index in [0.717, 1.165) is 41.5 Å². The minimum absolute atomic E-state index is 0.756. The van der Waals surface area contributed by atoms with Crippen molar-refractivity contribution in [2.45, 2.75) is 32.9 Å². The van der Waals surface area contributed by atoms with E-state index < -0.39 is 0 Å². The minimum Gasteiger partial charge on any atom is -0.347 e. The predicted molar refractivity (Wildman–Crippen MR) is 86.7 cm³/mol. The van der Waals surface area contributed by atoms with Crippen LogP contribution in [0.15, 0.2) is 30.3 Å². The summed E-state index contributed by atoms with van der Waals surface area (Å²) in [7, 11) is 2.05. The summed E-state index contributed by atoms with van der Waals surface area (Å²) >= 11 is 1.60. The van der Waals surface area contributed by atoms with Crippen molar-refractivity contribution < 1.29 is 0 Å². The Morgan fingerprint density at radius 2 is 2.00 bits per heavy atom. The number of thiazole rings is 1. The highest BCUT2D eigenvalue weighted by Crippen LogP contribution is 2.26. The number of nitrogens with zero attached hydrogens (tertiary/aromatic N) is 5. The first-order valence-corrected chi connectivity index (χ1v) is 8.04. The van der Waals surface area contributed by atoms with Crippen molar-refractivity contribution in [3.63, 3.8) is 0 Å². The van der Waals surface area contributed by atoms with E-state index in [1.54, 1.807) is 16.1 Å². The fourth-order valence-electron chi connectivity index (χ4n) is 2.15. The number of benzene rings is 1. The molecule has 5 nitrogen and oxygen atoms in total. The van der Waals surface area contributed by atoms with Gasteiger partial charge in [0.05, 0.1) is 6.54 Å². The van der Waals surface area contributed by atoms with Gasteiger partial charge in [-0.1, -0.05) is 55.0 Å². The smallest absolute Gasteiger partial charge is 0.215 e. The molecule has 2 heterocycles. The molecule has 3 aromatic rings. The number of hydrogen-bond donors (Lipinski definition) is 0. The quantitative estimate of drug-likeness (QED) is 0.700. The van der Waals surface area contributed by atoms with Gasteiger partial charge in [0, 0.05) is 13.6 Å². The zero-order valence-electron chi connectivity index (χ0n) is 12.4. The van der Waals surface area contributed by atoms with Crippen LogP contribution in [0.3, 0.4) is 0 Å². The van der Waals surface area contributed by atoms with Gasteiger partial charge in [0.15, 0.2) is 9.96 Å². The topological polar surface area (TPSA) is 46.8 Å². The van der Waals surface area contributed by atoms with E-state index in [1.165, 1.54) is 5.56 Å². The van der Waals surface area contributed by atoms with Crippen molar-refractivity contribution in [3.05, 3.63) is 35.9 Å². The van der Waals surface area contributed by atoms with Crippen molar-refractivity contribution in [2.24, 2.45) is 0 Å². The van der Waals surface area contributed by atoms with Crippen LogP contribution >= 0.6 is 11.3 Å². The van der Waals surface area contributed by atoms with Gasteiger partial charge in [0.25, 0.3) is 0 Å². The molecule has 0 saturated carbocycles. The Morgan fingerprint density at radius 1 is 1.19 bits per heavy atom. The summed E-state index contributed by atoms with van der Waals surface area (Å²) in [6.45, 7) is 3.88. The molecule has 1 aromatic carbocycles. The maximum atomic E-state index is 4.59. The molecule has 3 rings (SSSR count). The Hall–Kier alpha value is -1.95. The molecule has 0 amide bonds. The van der Waals surface area contributed by atoms with Crippen LogP contribution in [0.5, 0.6) is 0 Å². The van der Waals surface area contributed by atoms with Crippen molar-refractivity contribution in [1.82, 2.24) is 20.0 Å². The molecule has 0 fully saturated rings. The SMILES string of the molecule is CCCCn1nc2nc(N(C)Cc3ccccc3)sc2n1. The summed E-state index contributed by atoms with van der Waals surface area (Å²) in [6.07, 6.45) is 2.25. The normalized spacial score (nSPS) is 11.1. The van der Waals surface area contributed by atoms with Gasteiger partial charge in [-0.3, -0.25) is 0 Å². The Morgan fingerprint density at radius 3 is 2.71 bits per heavy atom. The predicted octanol–water partition coefficient (Wildman–Crippen LogP) is 3.32. The number of aromatic nitrogens is 4. The highest BCUT2D eigenvalue weighted by atomic mass is 32.1. The lowest BCUT2D eigenvalue weighted by atomic mass is 10.2. The summed E-state index contributed by atoms with van der Waals surface area (Å²) in [5, 5.41) is 9.90. The van der Waals surface area contributed by atoms with Crippen molar-refractivity contribution in [2.75, 3.05) is 11.9 Å². The van der Waals surface area contributed by atoms with E-state index in [9.17, 15) is 0 Å². The molecule has 6 heteroatoms. The van der Waals surface area contributed by atoms with Gasteiger partial charge in [-0.15, -0.1) is 10.2 Å². The monoisotopic (exact) mass is 301 g/mol. The van der Waals surface area contributed by atoms with Crippen LogP contribution < -0.4 is 4.90 Å². The molecular weight excluding hydrogens is 282 g/mol. The fraction of sp³-hybridized carbons (Fsp3) is 0.400. The van der Waals surface area contributed by atoms with Gasteiger partial charge in [-0.05, 0) is 12.0 Å². The van der Waals surface area contributed by atoms with Gasteiger partial charge < -0.3 is 4.90 Å².